The van der Waals surface area contributed by atoms with Gasteiger partial charge in [0.25, 0.3) is 0 Å². The van der Waals surface area contributed by atoms with E-state index in [4.69, 9.17) is 14.2 Å². The Labute approximate surface area is 164 Å². The molecule has 150 valence electrons. The fraction of sp³-hybridized carbons (Fsp3) is 0.316. The second-order valence-corrected chi connectivity index (χ2v) is 8.01. The third-order valence-corrected chi connectivity index (χ3v) is 5.09. The number of benzene rings is 2. The van der Waals surface area contributed by atoms with Crippen LogP contribution in [-0.4, -0.2) is 46.9 Å². The molecule has 1 aliphatic rings. The smallest absolute Gasteiger partial charge is 0.245 e. The largest absolute Gasteiger partial charge is 0.494 e. The van der Waals surface area contributed by atoms with Gasteiger partial charge in [-0.15, -0.1) is 0 Å². The predicted octanol–water partition coefficient (Wildman–Crippen LogP) is 2.26. The molecule has 0 spiro atoms. The van der Waals surface area contributed by atoms with Crippen LogP contribution in [0.4, 0.5) is 11.4 Å². The Morgan fingerprint density at radius 3 is 2.43 bits per heavy atom. The zero-order chi connectivity index (χ0) is 20.1. The van der Waals surface area contributed by atoms with Gasteiger partial charge in [-0.25, -0.2) is 8.42 Å². The van der Waals surface area contributed by atoms with Crippen molar-refractivity contribution in [3.63, 3.8) is 0 Å². The van der Waals surface area contributed by atoms with E-state index >= 15 is 0 Å². The van der Waals surface area contributed by atoms with E-state index in [0.29, 0.717) is 48.4 Å². The lowest BCUT2D eigenvalue weighted by molar-refractivity contribution is -0.114. The first-order chi connectivity index (χ1) is 13.4. The molecule has 0 aliphatic carbocycles. The van der Waals surface area contributed by atoms with Crippen LogP contribution in [0.15, 0.2) is 42.5 Å². The number of sulfonamides is 1. The predicted molar refractivity (Wildman–Crippen MR) is 106 cm³/mol. The van der Waals surface area contributed by atoms with Crippen molar-refractivity contribution in [1.82, 2.24) is 0 Å². The van der Waals surface area contributed by atoms with Crippen LogP contribution in [0.1, 0.15) is 6.92 Å². The van der Waals surface area contributed by atoms with E-state index < -0.39 is 15.9 Å². The Hall–Kier alpha value is -2.94. The minimum Gasteiger partial charge on any atom is -0.494 e. The second kappa shape index (κ2) is 8.39. The average molecular weight is 406 g/mol. The summed E-state index contributed by atoms with van der Waals surface area (Å²) in [6.07, 6.45) is 1.06. The first kappa shape index (κ1) is 19.8. The summed E-state index contributed by atoms with van der Waals surface area (Å²) in [7, 11) is -3.66. The van der Waals surface area contributed by atoms with Gasteiger partial charge in [0.05, 0.1) is 18.6 Å². The molecule has 1 aliphatic heterocycles. The summed E-state index contributed by atoms with van der Waals surface area (Å²) < 4.78 is 41.7. The molecule has 8 nitrogen and oxygen atoms in total. The first-order valence-corrected chi connectivity index (χ1v) is 10.6. The van der Waals surface area contributed by atoms with Gasteiger partial charge in [-0.2, -0.15) is 0 Å². The van der Waals surface area contributed by atoms with Gasteiger partial charge in [-0.3, -0.25) is 9.10 Å². The molecule has 0 unspecified atom stereocenters. The van der Waals surface area contributed by atoms with Crippen molar-refractivity contribution in [2.75, 3.05) is 42.2 Å². The molecule has 1 heterocycles. The van der Waals surface area contributed by atoms with Gasteiger partial charge in [-0.1, -0.05) is 0 Å². The van der Waals surface area contributed by atoms with Crippen molar-refractivity contribution in [2.45, 2.75) is 6.92 Å². The number of nitrogens with zero attached hydrogens (tertiary/aromatic N) is 1. The number of fused-ring (bicyclic) bond motifs is 1. The summed E-state index contributed by atoms with van der Waals surface area (Å²) in [5.41, 5.74) is 0.873. The van der Waals surface area contributed by atoms with E-state index in [1.54, 1.807) is 42.5 Å². The van der Waals surface area contributed by atoms with Crippen LogP contribution in [0, 0.1) is 0 Å². The molecule has 0 saturated carbocycles. The minimum atomic E-state index is -3.66. The molecule has 0 bridgehead atoms. The molecule has 0 aromatic heterocycles. The van der Waals surface area contributed by atoms with Crippen LogP contribution in [0.3, 0.4) is 0 Å². The number of hydrogen-bond acceptors (Lipinski definition) is 6. The highest BCUT2D eigenvalue weighted by molar-refractivity contribution is 7.92. The normalized spacial score (nSPS) is 12.9. The summed E-state index contributed by atoms with van der Waals surface area (Å²) in [6, 6.07) is 11.5. The number of anilines is 2. The molecule has 0 saturated heterocycles. The second-order valence-electron chi connectivity index (χ2n) is 6.10. The summed E-state index contributed by atoms with van der Waals surface area (Å²) in [5, 5.41) is 2.69. The van der Waals surface area contributed by atoms with Crippen molar-refractivity contribution < 1.29 is 27.4 Å². The van der Waals surface area contributed by atoms with Gasteiger partial charge in [0, 0.05) is 11.8 Å². The number of carbonyl (C=O) groups excluding carboxylic acids is 1. The van der Waals surface area contributed by atoms with Gasteiger partial charge in [0.15, 0.2) is 11.5 Å². The Kier molecular flexibility index (Phi) is 5.93. The molecule has 0 atom stereocenters. The van der Waals surface area contributed by atoms with E-state index in [2.05, 4.69) is 5.32 Å². The molecule has 9 heteroatoms. The molecule has 1 N–H and O–H groups in total. The monoisotopic (exact) mass is 406 g/mol. The highest BCUT2D eigenvalue weighted by Gasteiger charge is 2.21. The van der Waals surface area contributed by atoms with Crippen molar-refractivity contribution in [3.05, 3.63) is 42.5 Å². The number of carbonyl (C=O) groups is 1. The molecule has 1 amide bonds. The van der Waals surface area contributed by atoms with Gasteiger partial charge in [0.1, 0.15) is 25.5 Å². The topological polar surface area (TPSA) is 94.2 Å². The SMILES string of the molecule is CCOc1ccc(N(CC(=O)Nc2ccc3c(c2)OCCO3)S(C)(=O)=O)cc1. The lowest BCUT2D eigenvalue weighted by Gasteiger charge is -2.22. The van der Waals surface area contributed by atoms with Gasteiger partial charge < -0.3 is 19.5 Å². The first-order valence-electron chi connectivity index (χ1n) is 8.77. The number of ether oxygens (including phenoxy) is 3. The van der Waals surface area contributed by atoms with Gasteiger partial charge in [0.2, 0.25) is 15.9 Å². The van der Waals surface area contributed by atoms with E-state index in [-0.39, 0.29) is 6.54 Å². The van der Waals surface area contributed by atoms with Crippen LogP contribution in [0.2, 0.25) is 0 Å². The van der Waals surface area contributed by atoms with Crippen LogP contribution in [0.25, 0.3) is 0 Å². The van der Waals surface area contributed by atoms with Crippen molar-refractivity contribution >= 4 is 27.3 Å². The van der Waals surface area contributed by atoms with Crippen molar-refractivity contribution in [3.8, 4) is 17.2 Å². The van der Waals surface area contributed by atoms with E-state index in [1.165, 1.54) is 0 Å². The maximum absolute atomic E-state index is 12.5. The summed E-state index contributed by atoms with van der Waals surface area (Å²) >= 11 is 0. The fourth-order valence-electron chi connectivity index (χ4n) is 2.73. The molecule has 28 heavy (non-hydrogen) atoms. The number of hydrogen-bond donors (Lipinski definition) is 1. The molecular formula is C19H22N2O6S. The van der Waals surface area contributed by atoms with E-state index in [0.717, 1.165) is 10.6 Å². The molecule has 2 aromatic carbocycles. The number of amides is 1. The van der Waals surface area contributed by atoms with Gasteiger partial charge >= 0.3 is 0 Å². The third-order valence-electron chi connectivity index (χ3n) is 3.95. The van der Waals surface area contributed by atoms with Crippen LogP contribution in [0.5, 0.6) is 17.2 Å². The van der Waals surface area contributed by atoms with Crippen molar-refractivity contribution in [2.24, 2.45) is 0 Å². The summed E-state index contributed by atoms with van der Waals surface area (Å²) in [6.45, 7) is 2.92. The van der Waals surface area contributed by atoms with Gasteiger partial charge in [-0.05, 0) is 43.3 Å². The van der Waals surface area contributed by atoms with E-state index in [9.17, 15) is 13.2 Å². The maximum Gasteiger partial charge on any atom is 0.245 e. The maximum atomic E-state index is 12.5. The number of nitrogens with one attached hydrogen (secondary N) is 1. The summed E-state index contributed by atoms with van der Waals surface area (Å²) in [4.78, 5) is 12.5. The Morgan fingerprint density at radius 2 is 1.79 bits per heavy atom. The molecule has 0 fully saturated rings. The van der Waals surface area contributed by atoms with Crippen molar-refractivity contribution in [1.29, 1.82) is 0 Å². The van der Waals surface area contributed by atoms with Crippen LogP contribution >= 0.6 is 0 Å². The average Bonchev–Trinajstić information content (AvgIpc) is 2.66. The fourth-order valence-corrected chi connectivity index (χ4v) is 3.58. The minimum absolute atomic E-state index is 0.360. The standard InChI is InChI=1S/C19H22N2O6S/c1-3-25-16-7-5-15(6-8-16)21(28(2,23)24)13-19(22)20-14-4-9-17-18(12-14)27-11-10-26-17/h4-9,12H,3,10-11,13H2,1-2H3,(H,20,22). The molecule has 2 aromatic rings. The molecule has 3 rings (SSSR count). The lowest BCUT2D eigenvalue weighted by atomic mass is 10.2. The van der Waals surface area contributed by atoms with Crippen LogP contribution in [-0.2, 0) is 14.8 Å². The highest BCUT2D eigenvalue weighted by atomic mass is 32.2. The highest BCUT2D eigenvalue weighted by Crippen LogP contribution is 2.32. The Bertz CT molecular complexity index is 943. The number of rotatable bonds is 7. The third kappa shape index (κ3) is 4.86. The quantitative estimate of drug-likeness (QED) is 0.758. The Morgan fingerprint density at radius 1 is 1.11 bits per heavy atom. The molecular weight excluding hydrogens is 384 g/mol. The van der Waals surface area contributed by atoms with E-state index in [1.807, 2.05) is 6.92 Å². The molecule has 0 radical (unpaired) electrons. The Balaban J connectivity index is 1.73. The zero-order valence-corrected chi connectivity index (χ0v) is 16.5. The summed E-state index contributed by atoms with van der Waals surface area (Å²) in [5.74, 6) is 1.29. The lowest BCUT2D eigenvalue weighted by Crippen LogP contribution is -2.37. The zero-order valence-electron chi connectivity index (χ0n) is 15.7. The van der Waals surface area contributed by atoms with Crippen LogP contribution < -0.4 is 23.8 Å².